The Morgan fingerprint density at radius 1 is 1.22 bits per heavy atom. The number of halogens is 1. The molecule has 2 N–H and O–H groups in total. The number of aryl methyl sites for hydroxylation is 2. The van der Waals surface area contributed by atoms with Gasteiger partial charge in [0.25, 0.3) is 0 Å². The maximum absolute atomic E-state index is 15.0. The van der Waals surface area contributed by atoms with E-state index in [1.165, 1.54) is 44.2 Å². The molecule has 1 unspecified atom stereocenters. The molecule has 0 radical (unpaired) electrons. The van der Waals surface area contributed by atoms with Gasteiger partial charge in [0.2, 0.25) is 5.88 Å². The Labute approximate surface area is 218 Å². The average molecular weight is 521 g/mol. The zero-order chi connectivity index (χ0) is 26.5. The number of aromatic nitrogens is 1. The lowest BCUT2D eigenvalue weighted by molar-refractivity contribution is -0.136. The van der Waals surface area contributed by atoms with Gasteiger partial charge < -0.3 is 19.9 Å². The van der Waals surface area contributed by atoms with E-state index in [1.807, 2.05) is 12.1 Å². The maximum atomic E-state index is 15.0. The van der Waals surface area contributed by atoms with Crippen LogP contribution in [-0.2, 0) is 27.1 Å². The summed E-state index contributed by atoms with van der Waals surface area (Å²) in [7, 11) is 2.62. The number of thioether (sulfide) groups is 1. The number of allylic oxidation sites excluding steroid dienone is 1. The van der Waals surface area contributed by atoms with Gasteiger partial charge in [-0.05, 0) is 55.5 Å². The summed E-state index contributed by atoms with van der Waals surface area (Å²) < 4.78 is 31.0. The Bertz CT molecular complexity index is 1390. The van der Waals surface area contributed by atoms with Crippen molar-refractivity contribution in [3.63, 3.8) is 0 Å². The number of methoxy groups -OCH3 is 2. The van der Waals surface area contributed by atoms with E-state index >= 15 is 4.39 Å². The van der Waals surface area contributed by atoms with E-state index in [9.17, 15) is 15.3 Å². The van der Waals surface area contributed by atoms with Gasteiger partial charge >= 0.3 is 5.97 Å². The van der Waals surface area contributed by atoms with Crippen LogP contribution < -0.4 is 10.5 Å². The molecule has 0 spiro atoms. The summed E-state index contributed by atoms with van der Waals surface area (Å²) in [6, 6.07) is 10.1. The minimum absolute atomic E-state index is 0.0194. The molecule has 4 rings (SSSR count). The van der Waals surface area contributed by atoms with Gasteiger partial charge in [-0.2, -0.15) is 10.5 Å². The summed E-state index contributed by atoms with van der Waals surface area (Å²) in [5.41, 5.74) is 8.40. The number of nitriles is 2. The van der Waals surface area contributed by atoms with Crippen LogP contribution in [0.1, 0.15) is 47.6 Å². The second kappa shape index (κ2) is 11.4. The number of nitrogens with two attached hydrogens (primary N) is 1. The first-order valence-electron chi connectivity index (χ1n) is 11.7. The average Bonchev–Trinajstić information content (AvgIpc) is 3.15. The number of rotatable bonds is 6. The standard InChI is InChI=1S/C27H25FN4O4S/c1-34-17-8-9-20(28)18(11-17)23-19(13-30)25(31)36-22(24(23)27(33)35-2)14-37-26-16(12-29)10-15-6-4-3-5-7-21(15)32-26/h8-11,23H,3-7,14,31H2,1-2H3. The van der Waals surface area contributed by atoms with Crippen LogP contribution in [0.3, 0.4) is 0 Å². The van der Waals surface area contributed by atoms with E-state index in [4.69, 9.17) is 24.9 Å². The van der Waals surface area contributed by atoms with E-state index in [0.29, 0.717) is 16.3 Å². The van der Waals surface area contributed by atoms with Crippen LogP contribution in [0.4, 0.5) is 4.39 Å². The molecule has 1 aromatic carbocycles. The van der Waals surface area contributed by atoms with Crippen LogP contribution >= 0.6 is 11.8 Å². The predicted octanol–water partition coefficient (Wildman–Crippen LogP) is 4.40. The lowest BCUT2D eigenvalue weighted by Crippen LogP contribution is -2.27. The predicted molar refractivity (Wildman–Crippen MR) is 134 cm³/mol. The molecule has 1 aromatic heterocycles. The van der Waals surface area contributed by atoms with E-state index in [-0.39, 0.29) is 34.1 Å². The van der Waals surface area contributed by atoms with Crippen molar-refractivity contribution in [3.05, 3.63) is 75.3 Å². The summed E-state index contributed by atoms with van der Waals surface area (Å²) in [6.45, 7) is 0. The Morgan fingerprint density at radius 2 is 2.00 bits per heavy atom. The number of carbonyl (C=O) groups excluding carboxylic acids is 1. The van der Waals surface area contributed by atoms with Crippen LogP contribution in [0.5, 0.6) is 5.75 Å². The van der Waals surface area contributed by atoms with E-state index < -0.39 is 17.7 Å². The van der Waals surface area contributed by atoms with Gasteiger partial charge in [-0.15, -0.1) is 0 Å². The summed E-state index contributed by atoms with van der Waals surface area (Å²) >= 11 is 1.21. The number of benzene rings is 1. The molecule has 0 bridgehead atoms. The van der Waals surface area contributed by atoms with Gasteiger partial charge in [0.05, 0.1) is 37.0 Å². The number of hydrogen-bond acceptors (Lipinski definition) is 9. The molecule has 0 amide bonds. The molecule has 2 heterocycles. The van der Waals surface area contributed by atoms with Crippen molar-refractivity contribution in [1.82, 2.24) is 4.98 Å². The second-order valence-corrected chi connectivity index (χ2v) is 9.51. The van der Waals surface area contributed by atoms with Crippen molar-refractivity contribution in [2.45, 2.75) is 43.0 Å². The van der Waals surface area contributed by atoms with Crippen molar-refractivity contribution in [2.24, 2.45) is 5.73 Å². The fourth-order valence-corrected chi connectivity index (χ4v) is 5.47. The molecule has 10 heteroatoms. The largest absolute Gasteiger partial charge is 0.497 e. The molecular weight excluding hydrogens is 495 g/mol. The van der Waals surface area contributed by atoms with Crippen LogP contribution in [-0.4, -0.2) is 30.9 Å². The van der Waals surface area contributed by atoms with Crippen LogP contribution in [0.15, 0.2) is 52.1 Å². The van der Waals surface area contributed by atoms with Gasteiger partial charge in [0.1, 0.15) is 40.1 Å². The van der Waals surface area contributed by atoms with Gasteiger partial charge in [0.15, 0.2) is 0 Å². The Hall–Kier alpha value is -4.02. The number of nitrogens with zero attached hydrogens (tertiary/aromatic N) is 3. The van der Waals surface area contributed by atoms with Crippen molar-refractivity contribution < 1.29 is 23.4 Å². The molecule has 37 heavy (non-hydrogen) atoms. The highest BCUT2D eigenvalue weighted by molar-refractivity contribution is 7.99. The van der Waals surface area contributed by atoms with Crippen molar-refractivity contribution >= 4 is 17.7 Å². The number of fused-ring (bicyclic) bond motifs is 1. The van der Waals surface area contributed by atoms with Crippen molar-refractivity contribution in [2.75, 3.05) is 20.0 Å². The van der Waals surface area contributed by atoms with Crippen LogP contribution in [0.2, 0.25) is 0 Å². The molecule has 190 valence electrons. The third-order valence-electron chi connectivity index (χ3n) is 6.39. The fourth-order valence-electron chi connectivity index (χ4n) is 4.56. The third-order valence-corrected chi connectivity index (χ3v) is 7.38. The molecule has 0 saturated heterocycles. The molecule has 1 aliphatic carbocycles. The highest BCUT2D eigenvalue weighted by atomic mass is 32.2. The van der Waals surface area contributed by atoms with E-state index in [1.54, 1.807) is 0 Å². The molecule has 2 aliphatic rings. The fraction of sp³-hybridized carbons (Fsp3) is 0.333. The number of carbonyl (C=O) groups is 1. The highest BCUT2D eigenvalue weighted by Gasteiger charge is 2.39. The first-order chi connectivity index (χ1) is 17.9. The zero-order valence-corrected chi connectivity index (χ0v) is 21.3. The van der Waals surface area contributed by atoms with Crippen LogP contribution in [0, 0.1) is 28.5 Å². The van der Waals surface area contributed by atoms with Crippen LogP contribution in [0.25, 0.3) is 0 Å². The van der Waals surface area contributed by atoms with Gasteiger partial charge in [-0.25, -0.2) is 14.2 Å². The monoisotopic (exact) mass is 520 g/mol. The number of hydrogen-bond donors (Lipinski definition) is 1. The Balaban J connectivity index is 1.78. The molecule has 1 atom stereocenters. The lowest BCUT2D eigenvalue weighted by Gasteiger charge is -2.28. The number of pyridine rings is 1. The second-order valence-electron chi connectivity index (χ2n) is 8.55. The quantitative estimate of drug-likeness (QED) is 0.334. The minimum Gasteiger partial charge on any atom is -0.497 e. The summed E-state index contributed by atoms with van der Waals surface area (Å²) in [5.74, 6) is -2.38. The first kappa shape index (κ1) is 26.1. The zero-order valence-electron chi connectivity index (χ0n) is 20.5. The Kier molecular flexibility index (Phi) is 8.00. The van der Waals surface area contributed by atoms with Gasteiger partial charge in [-0.3, -0.25) is 0 Å². The summed E-state index contributed by atoms with van der Waals surface area (Å²) in [5, 5.41) is 20.1. The van der Waals surface area contributed by atoms with Gasteiger partial charge in [-0.1, -0.05) is 18.2 Å². The third kappa shape index (κ3) is 5.25. The molecular formula is C27H25FN4O4S. The number of esters is 1. The van der Waals surface area contributed by atoms with Gasteiger partial charge in [0, 0.05) is 11.3 Å². The summed E-state index contributed by atoms with van der Waals surface area (Å²) in [4.78, 5) is 17.8. The van der Waals surface area contributed by atoms with Crippen molar-refractivity contribution in [1.29, 1.82) is 10.5 Å². The lowest BCUT2D eigenvalue weighted by atomic mass is 9.82. The highest BCUT2D eigenvalue weighted by Crippen LogP contribution is 2.43. The molecule has 1 aliphatic heterocycles. The summed E-state index contributed by atoms with van der Waals surface area (Å²) in [6.07, 6.45) is 4.92. The SMILES string of the molecule is COC(=O)C1=C(CSc2nc3c(cc2C#N)CCCCC3)OC(N)=C(C#N)C1c1cc(OC)ccc1F. The smallest absolute Gasteiger partial charge is 0.338 e. The minimum atomic E-state index is -1.17. The molecule has 2 aromatic rings. The first-order valence-corrected chi connectivity index (χ1v) is 12.7. The van der Waals surface area contributed by atoms with E-state index in [2.05, 4.69) is 6.07 Å². The number of ether oxygens (including phenoxy) is 3. The molecule has 0 saturated carbocycles. The normalized spacial score (nSPS) is 17.2. The molecule has 8 nitrogen and oxygen atoms in total. The maximum Gasteiger partial charge on any atom is 0.338 e. The van der Waals surface area contributed by atoms with E-state index in [0.717, 1.165) is 43.4 Å². The topological polar surface area (TPSA) is 131 Å². The van der Waals surface area contributed by atoms with Crippen molar-refractivity contribution in [3.8, 4) is 17.9 Å². The molecule has 0 fully saturated rings. The Morgan fingerprint density at radius 3 is 2.70 bits per heavy atom.